The Labute approximate surface area is 172 Å². The number of carboxylic acids is 1. The minimum atomic E-state index is -0.981. The summed E-state index contributed by atoms with van der Waals surface area (Å²) in [6.07, 6.45) is 3.13. The highest BCUT2D eigenvalue weighted by molar-refractivity contribution is 5.82. The van der Waals surface area contributed by atoms with Crippen LogP contribution in [0.3, 0.4) is 0 Å². The summed E-state index contributed by atoms with van der Waals surface area (Å²) in [6.45, 7) is 8.21. The molecule has 2 N–H and O–H groups in total. The van der Waals surface area contributed by atoms with Crippen molar-refractivity contribution >= 4 is 18.0 Å². The summed E-state index contributed by atoms with van der Waals surface area (Å²) in [5.41, 5.74) is 6.71. The van der Waals surface area contributed by atoms with E-state index in [0.29, 0.717) is 5.92 Å². The van der Waals surface area contributed by atoms with Gasteiger partial charge in [-0.25, -0.2) is 4.79 Å². The number of fused-ring (bicyclic) bond motifs is 2. The summed E-state index contributed by atoms with van der Waals surface area (Å²) in [5, 5.41) is 14.5. The first kappa shape index (κ1) is 23.9. The number of hydrogen-bond acceptors (Lipinski definition) is 3. The van der Waals surface area contributed by atoms with Gasteiger partial charge in [-0.15, -0.1) is 0 Å². The minimum Gasteiger partial charge on any atom is -0.483 e. The molecule has 2 aromatic rings. The van der Waals surface area contributed by atoms with Crippen LogP contribution < -0.4 is 0 Å². The predicted molar refractivity (Wildman–Crippen MR) is 117 cm³/mol. The lowest BCUT2D eigenvalue weighted by molar-refractivity contribution is -0.131. The Hall–Kier alpha value is -3.18. The average Bonchev–Trinajstić information content (AvgIpc) is 2.83. The summed E-state index contributed by atoms with van der Waals surface area (Å²) in [7, 11) is 4.30. The van der Waals surface area contributed by atoms with Gasteiger partial charge in [-0.1, -0.05) is 61.7 Å². The Morgan fingerprint density at radius 3 is 2.21 bits per heavy atom. The van der Waals surface area contributed by atoms with Gasteiger partial charge in [-0.05, 0) is 67.2 Å². The van der Waals surface area contributed by atoms with Crippen molar-refractivity contribution in [3.63, 3.8) is 0 Å². The summed E-state index contributed by atoms with van der Waals surface area (Å²) in [5.74, 6) is -0.408. The third-order valence-electron chi connectivity index (χ3n) is 4.63. The van der Waals surface area contributed by atoms with E-state index in [9.17, 15) is 4.79 Å². The van der Waals surface area contributed by atoms with Crippen molar-refractivity contribution in [1.29, 1.82) is 0 Å². The number of rotatable bonds is 4. The Morgan fingerprint density at radius 2 is 1.66 bits per heavy atom. The first-order valence-corrected chi connectivity index (χ1v) is 9.30. The van der Waals surface area contributed by atoms with Crippen LogP contribution in [0.1, 0.15) is 34.6 Å². The van der Waals surface area contributed by atoms with E-state index in [1.807, 2.05) is 0 Å². The first-order valence-electron chi connectivity index (χ1n) is 9.30. The lowest BCUT2D eigenvalue weighted by Crippen LogP contribution is -2.17. The molecule has 1 aliphatic carbocycles. The first-order chi connectivity index (χ1) is 13.8. The van der Waals surface area contributed by atoms with Gasteiger partial charge in [0.2, 0.25) is 0 Å². The van der Waals surface area contributed by atoms with Gasteiger partial charge in [0.1, 0.15) is 0 Å². The molecule has 1 unspecified atom stereocenters. The van der Waals surface area contributed by atoms with Crippen LogP contribution in [0, 0.1) is 0 Å². The Balaban J connectivity index is 0.000000452. The molecule has 0 aromatic heterocycles. The van der Waals surface area contributed by atoms with Crippen LogP contribution in [0.4, 0.5) is 0 Å². The van der Waals surface area contributed by atoms with E-state index in [1.54, 1.807) is 0 Å². The zero-order chi connectivity index (χ0) is 21.8. The number of carbonyl (C=O) groups is 2. The Morgan fingerprint density at radius 1 is 1.14 bits per heavy atom. The molecule has 0 amide bonds. The monoisotopic (exact) mass is 395 g/mol. The molecule has 0 saturated heterocycles. The summed E-state index contributed by atoms with van der Waals surface area (Å²) >= 11 is 0. The third-order valence-corrected chi connectivity index (χ3v) is 4.63. The highest BCUT2D eigenvalue weighted by atomic mass is 16.4. The van der Waals surface area contributed by atoms with Crippen molar-refractivity contribution in [1.82, 2.24) is 4.90 Å². The molecule has 0 bridgehead atoms. The van der Waals surface area contributed by atoms with Crippen LogP contribution in [-0.4, -0.2) is 48.2 Å². The van der Waals surface area contributed by atoms with Gasteiger partial charge >= 0.3 is 5.97 Å². The SMILES string of the molecule is C=C1c2ccccc2CC(CCN(C)C)c2ccccc21.C=CC(=O)O.O=CO. The van der Waals surface area contributed by atoms with Crippen LogP contribution in [0.25, 0.3) is 5.57 Å². The van der Waals surface area contributed by atoms with Crippen molar-refractivity contribution in [3.05, 3.63) is 90.0 Å². The summed E-state index contributed by atoms with van der Waals surface area (Å²) in [6, 6.07) is 17.5. The maximum Gasteiger partial charge on any atom is 0.327 e. The third kappa shape index (κ3) is 7.39. The highest BCUT2D eigenvalue weighted by Gasteiger charge is 2.23. The second-order valence-electron chi connectivity index (χ2n) is 6.86. The molecule has 1 aliphatic rings. The fraction of sp³-hybridized carbons (Fsp3) is 0.250. The van der Waals surface area contributed by atoms with Gasteiger partial charge < -0.3 is 15.1 Å². The highest BCUT2D eigenvalue weighted by Crippen LogP contribution is 2.38. The Kier molecular flexibility index (Phi) is 10.1. The van der Waals surface area contributed by atoms with Crippen LogP contribution in [-0.2, 0) is 16.0 Å². The minimum absolute atomic E-state index is 0.250. The lowest BCUT2D eigenvalue weighted by Gasteiger charge is -2.20. The van der Waals surface area contributed by atoms with E-state index in [0.717, 1.165) is 19.0 Å². The number of nitrogens with zero attached hydrogens (tertiary/aromatic N) is 1. The fourth-order valence-electron chi connectivity index (χ4n) is 3.31. The maximum atomic E-state index is 9.25. The quantitative estimate of drug-likeness (QED) is 0.596. The molecule has 0 radical (unpaired) electrons. The molecule has 5 nitrogen and oxygen atoms in total. The van der Waals surface area contributed by atoms with Crippen molar-refractivity contribution < 1.29 is 19.8 Å². The molecular weight excluding hydrogens is 366 g/mol. The number of carboxylic acid groups (broad SMARTS) is 2. The van der Waals surface area contributed by atoms with E-state index in [4.69, 9.17) is 15.0 Å². The number of benzene rings is 2. The van der Waals surface area contributed by atoms with Gasteiger partial charge in [-0.3, -0.25) is 4.79 Å². The summed E-state index contributed by atoms with van der Waals surface area (Å²) < 4.78 is 0. The zero-order valence-electron chi connectivity index (χ0n) is 17.0. The molecule has 3 rings (SSSR count). The van der Waals surface area contributed by atoms with Crippen molar-refractivity contribution in [3.8, 4) is 0 Å². The molecule has 0 heterocycles. The summed E-state index contributed by atoms with van der Waals surface area (Å²) in [4.78, 5) is 19.9. The van der Waals surface area contributed by atoms with Gasteiger partial charge in [0, 0.05) is 6.08 Å². The largest absolute Gasteiger partial charge is 0.483 e. The Bertz CT molecular complexity index is 842. The molecule has 2 aromatic carbocycles. The zero-order valence-corrected chi connectivity index (χ0v) is 17.0. The topological polar surface area (TPSA) is 77.8 Å². The second kappa shape index (κ2) is 12.3. The van der Waals surface area contributed by atoms with Crippen LogP contribution in [0.5, 0.6) is 0 Å². The van der Waals surface area contributed by atoms with E-state index in [-0.39, 0.29) is 6.47 Å². The average molecular weight is 395 g/mol. The van der Waals surface area contributed by atoms with Crippen molar-refractivity contribution in [2.24, 2.45) is 0 Å². The standard InChI is InChI=1S/C20H23N.C3H4O2.CH2O2/c1-15-18-9-5-4-8-16(18)14-17(12-13-21(2)3)20-11-7-6-10-19(15)20;1-2-3(4)5;2-1-3/h4-11,17H,1,12-14H2,2-3H3;2H,1H2,(H,4,5);1H,(H,2,3). The maximum absolute atomic E-state index is 9.25. The normalized spacial score (nSPS) is 14.0. The molecule has 5 heteroatoms. The van der Waals surface area contributed by atoms with Gasteiger partial charge in [0.15, 0.2) is 0 Å². The van der Waals surface area contributed by atoms with E-state index >= 15 is 0 Å². The van der Waals surface area contributed by atoms with Gasteiger partial charge in [-0.2, -0.15) is 0 Å². The second-order valence-corrected chi connectivity index (χ2v) is 6.86. The van der Waals surface area contributed by atoms with E-state index in [1.165, 1.54) is 34.2 Å². The molecular formula is C24H29NO4. The molecule has 1 atom stereocenters. The van der Waals surface area contributed by atoms with Crippen LogP contribution in [0.15, 0.2) is 67.8 Å². The van der Waals surface area contributed by atoms with Gasteiger partial charge in [0.05, 0.1) is 0 Å². The fourth-order valence-corrected chi connectivity index (χ4v) is 3.31. The smallest absolute Gasteiger partial charge is 0.327 e. The lowest BCUT2D eigenvalue weighted by atomic mass is 9.88. The number of hydrogen-bond donors (Lipinski definition) is 2. The van der Waals surface area contributed by atoms with E-state index < -0.39 is 5.97 Å². The molecule has 0 aliphatic heterocycles. The van der Waals surface area contributed by atoms with Crippen molar-refractivity contribution in [2.45, 2.75) is 18.8 Å². The van der Waals surface area contributed by atoms with Gasteiger partial charge in [0.25, 0.3) is 6.47 Å². The molecule has 154 valence electrons. The van der Waals surface area contributed by atoms with Crippen LogP contribution >= 0.6 is 0 Å². The predicted octanol–water partition coefficient (Wildman–Crippen LogP) is 4.30. The number of aliphatic carboxylic acids is 1. The molecule has 0 fully saturated rings. The molecule has 0 saturated carbocycles. The molecule has 0 spiro atoms. The molecule has 29 heavy (non-hydrogen) atoms. The van der Waals surface area contributed by atoms with E-state index in [2.05, 4.69) is 80.7 Å². The van der Waals surface area contributed by atoms with Crippen molar-refractivity contribution in [2.75, 3.05) is 20.6 Å². The van der Waals surface area contributed by atoms with Crippen LogP contribution in [0.2, 0.25) is 0 Å².